The summed E-state index contributed by atoms with van der Waals surface area (Å²) in [6.45, 7) is 5.36. The monoisotopic (exact) mass is 456 g/mol. The Hall–Kier alpha value is -2.53. The van der Waals surface area contributed by atoms with Crippen LogP contribution in [-0.4, -0.2) is 41.0 Å². The molecule has 0 saturated carbocycles. The van der Waals surface area contributed by atoms with Gasteiger partial charge in [-0.25, -0.2) is 4.98 Å². The van der Waals surface area contributed by atoms with Gasteiger partial charge < -0.3 is 14.2 Å². The summed E-state index contributed by atoms with van der Waals surface area (Å²) in [5, 5.41) is 10.0. The molecule has 3 aromatic rings. The smallest absolute Gasteiger partial charge is 0.240 e. The zero-order valence-electron chi connectivity index (χ0n) is 17.8. The number of methoxy groups -OCH3 is 1. The maximum atomic E-state index is 13.3. The molecule has 0 aliphatic heterocycles. The molecule has 1 unspecified atom stereocenters. The van der Waals surface area contributed by atoms with E-state index < -0.39 is 5.25 Å². The molecular weight excluding hydrogens is 432 g/mol. The fraction of sp³-hybridized carbons (Fsp3) is 0.348. The number of carbonyl (C=O) groups is 1. The average Bonchev–Trinajstić information content (AvgIpc) is 3.09. The normalized spacial score (nSPS) is 12.0. The molecule has 3 rings (SSSR count). The van der Waals surface area contributed by atoms with Gasteiger partial charge in [0.05, 0.1) is 35.4 Å². The highest BCUT2D eigenvalue weighted by Crippen LogP contribution is 2.30. The zero-order chi connectivity index (χ0) is 22.4. The number of hydrogen-bond donors (Lipinski definition) is 0. The first-order valence-corrected chi connectivity index (χ1v) is 11.3. The highest BCUT2D eigenvalue weighted by atomic mass is 35.5. The molecule has 0 fully saturated rings. The molecule has 8 heteroatoms. The molecule has 1 aromatic heterocycles. The molecule has 2 aromatic carbocycles. The van der Waals surface area contributed by atoms with Gasteiger partial charge in [-0.05, 0) is 44.2 Å². The van der Waals surface area contributed by atoms with E-state index in [0.29, 0.717) is 24.7 Å². The summed E-state index contributed by atoms with van der Waals surface area (Å²) in [5.41, 5.74) is 3.64. The SMILES string of the molecule is COCCn1c(SC(C)C(=O)N(CCC#N)c2ccc(C)cc2)nc2cc(Cl)ccc21. The van der Waals surface area contributed by atoms with Crippen LogP contribution >= 0.6 is 23.4 Å². The lowest BCUT2D eigenvalue weighted by molar-refractivity contribution is -0.117. The second-order valence-corrected chi connectivity index (χ2v) is 8.91. The van der Waals surface area contributed by atoms with Crippen molar-refractivity contribution in [1.82, 2.24) is 9.55 Å². The Bertz CT molecular complexity index is 1090. The summed E-state index contributed by atoms with van der Waals surface area (Å²) in [4.78, 5) is 19.7. The first-order chi connectivity index (χ1) is 14.9. The standard InChI is InChI=1S/C23H25ClN4O2S/c1-16-5-8-19(9-6-16)27(12-4-11-25)22(29)17(2)31-23-26-20-15-18(24)7-10-21(20)28(23)13-14-30-3/h5-10,15,17H,4,12-14H2,1-3H3. The number of rotatable bonds is 9. The number of aromatic nitrogens is 2. The van der Waals surface area contributed by atoms with Crippen LogP contribution in [0, 0.1) is 18.3 Å². The number of halogens is 1. The molecule has 0 radical (unpaired) electrons. The summed E-state index contributed by atoms with van der Waals surface area (Å²) in [7, 11) is 1.66. The Morgan fingerprint density at radius 2 is 2.06 bits per heavy atom. The number of carbonyl (C=O) groups excluding carboxylic acids is 1. The number of aryl methyl sites for hydroxylation is 1. The second-order valence-electron chi connectivity index (χ2n) is 7.17. The molecular formula is C23H25ClN4O2S. The molecule has 0 aliphatic rings. The number of nitriles is 1. The number of imidazole rings is 1. The average molecular weight is 457 g/mol. The van der Waals surface area contributed by atoms with Gasteiger partial charge in [-0.1, -0.05) is 41.1 Å². The number of thioether (sulfide) groups is 1. The van der Waals surface area contributed by atoms with Crippen LogP contribution in [0.25, 0.3) is 11.0 Å². The van der Waals surface area contributed by atoms with E-state index in [1.807, 2.05) is 56.3 Å². The van der Waals surface area contributed by atoms with Crippen molar-refractivity contribution in [2.75, 3.05) is 25.2 Å². The Labute approximate surface area is 191 Å². The Morgan fingerprint density at radius 3 is 2.74 bits per heavy atom. The molecule has 162 valence electrons. The minimum Gasteiger partial charge on any atom is -0.383 e. The molecule has 6 nitrogen and oxygen atoms in total. The van der Waals surface area contributed by atoms with Crippen molar-refractivity contribution in [3.8, 4) is 6.07 Å². The van der Waals surface area contributed by atoms with Crippen LogP contribution in [0.3, 0.4) is 0 Å². The van der Waals surface area contributed by atoms with Crippen LogP contribution in [0.1, 0.15) is 18.9 Å². The van der Waals surface area contributed by atoms with E-state index >= 15 is 0 Å². The molecule has 1 atom stereocenters. The lowest BCUT2D eigenvalue weighted by Gasteiger charge is -2.25. The van der Waals surface area contributed by atoms with Gasteiger partial charge in [-0.3, -0.25) is 4.79 Å². The van der Waals surface area contributed by atoms with Crippen LogP contribution in [0.2, 0.25) is 5.02 Å². The number of anilines is 1. The molecule has 0 N–H and O–H groups in total. The van der Waals surface area contributed by atoms with Crippen molar-refractivity contribution < 1.29 is 9.53 Å². The van der Waals surface area contributed by atoms with Crippen molar-refractivity contribution in [1.29, 1.82) is 5.26 Å². The van der Waals surface area contributed by atoms with E-state index in [0.717, 1.165) is 27.4 Å². The van der Waals surface area contributed by atoms with Crippen molar-refractivity contribution in [2.24, 2.45) is 0 Å². The summed E-state index contributed by atoms with van der Waals surface area (Å²) in [6.07, 6.45) is 0.266. The second kappa shape index (κ2) is 10.7. The maximum Gasteiger partial charge on any atom is 0.240 e. The predicted molar refractivity (Wildman–Crippen MR) is 126 cm³/mol. The van der Waals surface area contributed by atoms with Gasteiger partial charge in [0, 0.05) is 30.9 Å². The predicted octanol–water partition coefficient (Wildman–Crippen LogP) is 5.07. The van der Waals surface area contributed by atoms with Gasteiger partial charge in [-0.15, -0.1) is 0 Å². The van der Waals surface area contributed by atoms with Crippen molar-refractivity contribution in [2.45, 2.75) is 37.2 Å². The number of hydrogen-bond acceptors (Lipinski definition) is 5. The van der Waals surface area contributed by atoms with Crippen molar-refractivity contribution in [3.05, 3.63) is 53.1 Å². The molecule has 31 heavy (non-hydrogen) atoms. The number of ether oxygens (including phenoxy) is 1. The van der Waals surface area contributed by atoms with E-state index in [2.05, 4.69) is 10.6 Å². The summed E-state index contributed by atoms with van der Waals surface area (Å²) >= 11 is 7.54. The molecule has 0 spiro atoms. The Morgan fingerprint density at radius 1 is 1.32 bits per heavy atom. The van der Waals surface area contributed by atoms with Gasteiger partial charge in [0.1, 0.15) is 0 Å². The summed E-state index contributed by atoms with van der Waals surface area (Å²) < 4.78 is 7.31. The minimum atomic E-state index is -0.395. The van der Waals surface area contributed by atoms with Crippen LogP contribution in [-0.2, 0) is 16.1 Å². The first kappa shape index (κ1) is 23.1. The van der Waals surface area contributed by atoms with Gasteiger partial charge >= 0.3 is 0 Å². The van der Waals surface area contributed by atoms with E-state index in [4.69, 9.17) is 26.6 Å². The fourth-order valence-corrected chi connectivity index (χ4v) is 4.43. The lowest BCUT2D eigenvalue weighted by Crippen LogP contribution is -2.37. The Kier molecular flexibility index (Phi) is 7.97. The number of fused-ring (bicyclic) bond motifs is 1. The van der Waals surface area contributed by atoms with Gasteiger partial charge in [0.15, 0.2) is 5.16 Å². The van der Waals surface area contributed by atoms with Crippen LogP contribution in [0.4, 0.5) is 5.69 Å². The van der Waals surface area contributed by atoms with Crippen LogP contribution < -0.4 is 4.90 Å². The zero-order valence-corrected chi connectivity index (χ0v) is 19.4. The fourth-order valence-electron chi connectivity index (χ4n) is 3.25. The quantitative estimate of drug-likeness (QED) is 0.420. The van der Waals surface area contributed by atoms with Gasteiger partial charge in [-0.2, -0.15) is 5.26 Å². The Balaban J connectivity index is 1.88. The molecule has 0 saturated heterocycles. The van der Waals surface area contributed by atoms with E-state index in [9.17, 15) is 4.79 Å². The third-order valence-corrected chi connectivity index (χ3v) is 6.20. The first-order valence-electron chi connectivity index (χ1n) is 10.0. The van der Waals surface area contributed by atoms with E-state index in [1.165, 1.54) is 11.8 Å². The van der Waals surface area contributed by atoms with E-state index in [1.54, 1.807) is 12.0 Å². The van der Waals surface area contributed by atoms with Crippen molar-refractivity contribution >= 4 is 46.0 Å². The van der Waals surface area contributed by atoms with E-state index in [-0.39, 0.29) is 12.3 Å². The van der Waals surface area contributed by atoms with Crippen LogP contribution in [0.15, 0.2) is 47.6 Å². The number of nitrogens with zero attached hydrogens (tertiary/aromatic N) is 4. The van der Waals surface area contributed by atoms with Crippen LogP contribution in [0.5, 0.6) is 0 Å². The molecule has 0 bridgehead atoms. The van der Waals surface area contributed by atoms with Gasteiger partial charge in [0.2, 0.25) is 5.91 Å². The van der Waals surface area contributed by atoms with Crippen molar-refractivity contribution in [3.63, 3.8) is 0 Å². The third-order valence-electron chi connectivity index (χ3n) is 4.88. The molecule has 1 amide bonds. The minimum absolute atomic E-state index is 0.0625. The number of benzene rings is 2. The topological polar surface area (TPSA) is 71.2 Å². The summed E-state index contributed by atoms with van der Waals surface area (Å²) in [6, 6.07) is 15.5. The largest absolute Gasteiger partial charge is 0.383 e. The highest BCUT2D eigenvalue weighted by Gasteiger charge is 2.25. The maximum absolute atomic E-state index is 13.3. The highest BCUT2D eigenvalue weighted by molar-refractivity contribution is 8.00. The van der Waals surface area contributed by atoms with Gasteiger partial charge in [0.25, 0.3) is 0 Å². The number of amides is 1. The molecule has 1 heterocycles. The molecule has 0 aliphatic carbocycles. The summed E-state index contributed by atoms with van der Waals surface area (Å²) in [5.74, 6) is -0.0625. The lowest BCUT2D eigenvalue weighted by atomic mass is 10.2. The third kappa shape index (κ3) is 5.59.